The molecule has 212 valence electrons. The third kappa shape index (κ3) is 7.67. The van der Waals surface area contributed by atoms with Crippen LogP contribution < -0.4 is 10.6 Å². The summed E-state index contributed by atoms with van der Waals surface area (Å²) in [7, 11) is 22.5. The van der Waals surface area contributed by atoms with Gasteiger partial charge in [0.2, 0.25) is 5.91 Å². The number of nitrogens with one attached hydrogen (secondary N) is 2. The number of anilines is 1. The number of amides is 1. The van der Waals surface area contributed by atoms with Crippen molar-refractivity contribution >= 4 is 47.7 Å². The normalized spacial score (nSPS) is 19.4. The number of likely N-dealkylation sites (N-methyl/N-ethyl adjacent to an activating group) is 2. The molecule has 3 atom stereocenters. The number of halogens is 1. The fraction of sp³-hybridized carbons (Fsp3) is 0.483. The lowest BCUT2D eigenvalue weighted by Gasteiger charge is -2.39. The molecule has 0 saturated carbocycles. The largest absolute Gasteiger partial charge is 0.392 e. The van der Waals surface area contributed by atoms with Crippen molar-refractivity contribution in [3.63, 3.8) is 0 Å². The number of hydrogen-bond acceptors (Lipinski definition) is 7. The highest BCUT2D eigenvalue weighted by Crippen LogP contribution is 2.31. The van der Waals surface area contributed by atoms with Crippen LogP contribution in [0.25, 0.3) is 0 Å². The van der Waals surface area contributed by atoms with Crippen molar-refractivity contribution in [3.8, 4) is 0 Å². The van der Waals surface area contributed by atoms with Gasteiger partial charge in [-0.1, -0.05) is 30.3 Å². The highest BCUT2D eigenvalue weighted by atomic mass is 19.1. The molecule has 1 aliphatic heterocycles. The average Bonchev–Trinajstić information content (AvgIpc) is 2.92. The molecule has 41 heavy (non-hydrogen) atoms. The van der Waals surface area contributed by atoms with Crippen LogP contribution in [-0.2, 0) is 32.8 Å². The monoisotopic (exact) mass is 556 g/mol. The molecule has 12 heteroatoms. The third-order valence-electron chi connectivity index (χ3n) is 7.43. The number of rotatable bonds is 13. The van der Waals surface area contributed by atoms with Gasteiger partial charge in [0.1, 0.15) is 26.2 Å². The molecule has 1 aliphatic rings. The standard InChI is InChI=1S/C29H36B3FN4O4/c1-19-14-37(15-20(2)41-19)16-21-8-5-10-24(26(21)33)29(31,32)35-25-11-6-9-22(18-39)23(25)17-36(4)28(30,12-7-13-38)27(40)34-3/h5-6,8-11,13,18-20,35H,7,12,14-17H2,1-4H3,(H,34,40). The Morgan fingerprint density at radius 1 is 1.15 bits per heavy atom. The Morgan fingerprint density at radius 2 is 1.80 bits per heavy atom. The summed E-state index contributed by atoms with van der Waals surface area (Å²) in [6.07, 6.45) is 1.52. The summed E-state index contributed by atoms with van der Waals surface area (Å²) in [5.74, 6) is -1.02. The Balaban J connectivity index is 1.92. The summed E-state index contributed by atoms with van der Waals surface area (Å²) in [5.41, 5.74) is 0.0629. The van der Waals surface area contributed by atoms with E-state index in [0.717, 1.165) is 0 Å². The molecular weight excluding hydrogens is 520 g/mol. The van der Waals surface area contributed by atoms with Crippen molar-refractivity contribution in [1.82, 2.24) is 15.1 Å². The third-order valence-corrected chi connectivity index (χ3v) is 7.43. The number of nitrogens with zero attached hydrogens (tertiary/aromatic N) is 2. The summed E-state index contributed by atoms with van der Waals surface area (Å²) < 4.78 is 21.7. The zero-order valence-corrected chi connectivity index (χ0v) is 24.2. The van der Waals surface area contributed by atoms with Gasteiger partial charge in [0.05, 0.1) is 33.3 Å². The predicted octanol–water partition coefficient (Wildman–Crippen LogP) is 1.83. The number of ether oxygens (including phenoxy) is 1. The van der Waals surface area contributed by atoms with E-state index in [1.54, 1.807) is 42.3 Å². The van der Waals surface area contributed by atoms with E-state index in [-0.39, 0.29) is 37.2 Å². The molecule has 1 fully saturated rings. The van der Waals surface area contributed by atoms with Gasteiger partial charge in [-0.25, -0.2) is 4.39 Å². The van der Waals surface area contributed by atoms with Crippen LogP contribution in [0.1, 0.15) is 53.7 Å². The van der Waals surface area contributed by atoms with Crippen molar-refractivity contribution in [2.45, 2.75) is 62.8 Å². The van der Waals surface area contributed by atoms with Crippen LogP contribution in [0.5, 0.6) is 0 Å². The maximum atomic E-state index is 15.9. The van der Waals surface area contributed by atoms with Crippen LogP contribution in [-0.4, -0.2) is 96.6 Å². The first kappa shape index (κ1) is 32.6. The molecule has 3 unspecified atom stereocenters. The summed E-state index contributed by atoms with van der Waals surface area (Å²) in [5, 5.41) is 3.67. The molecule has 0 spiro atoms. The fourth-order valence-corrected chi connectivity index (χ4v) is 5.33. The average molecular weight is 556 g/mol. The molecule has 2 aromatic rings. The minimum Gasteiger partial charge on any atom is -0.392 e. The van der Waals surface area contributed by atoms with Gasteiger partial charge in [0.25, 0.3) is 0 Å². The number of carbonyl (C=O) groups excluding carboxylic acids is 3. The van der Waals surface area contributed by atoms with Crippen LogP contribution >= 0.6 is 0 Å². The number of morpholine rings is 1. The highest BCUT2D eigenvalue weighted by molar-refractivity contribution is 6.41. The first-order chi connectivity index (χ1) is 19.4. The molecule has 6 radical (unpaired) electrons. The zero-order valence-electron chi connectivity index (χ0n) is 24.2. The molecule has 3 rings (SSSR count). The van der Waals surface area contributed by atoms with E-state index >= 15 is 4.39 Å². The van der Waals surface area contributed by atoms with Gasteiger partial charge >= 0.3 is 0 Å². The number of hydrogen-bond donors (Lipinski definition) is 2. The van der Waals surface area contributed by atoms with Crippen molar-refractivity contribution in [2.24, 2.45) is 0 Å². The van der Waals surface area contributed by atoms with Crippen molar-refractivity contribution < 1.29 is 23.5 Å². The second-order valence-corrected chi connectivity index (χ2v) is 10.8. The Bertz CT molecular complexity index is 1240. The lowest BCUT2D eigenvalue weighted by molar-refractivity contribution is -0.128. The van der Waals surface area contributed by atoms with Gasteiger partial charge in [0, 0.05) is 56.5 Å². The predicted molar refractivity (Wildman–Crippen MR) is 160 cm³/mol. The van der Waals surface area contributed by atoms with E-state index in [1.807, 2.05) is 13.8 Å². The summed E-state index contributed by atoms with van der Waals surface area (Å²) in [4.78, 5) is 39.4. The molecule has 1 heterocycles. The highest BCUT2D eigenvalue weighted by Gasteiger charge is 2.36. The van der Waals surface area contributed by atoms with Gasteiger partial charge < -0.3 is 20.2 Å². The second kappa shape index (κ2) is 13.8. The van der Waals surface area contributed by atoms with Crippen LogP contribution in [0, 0.1) is 5.82 Å². The molecule has 2 N–H and O–H groups in total. The van der Waals surface area contributed by atoms with E-state index in [4.69, 9.17) is 28.3 Å². The Labute approximate surface area is 246 Å². The van der Waals surface area contributed by atoms with E-state index in [2.05, 4.69) is 15.5 Å². The molecule has 0 aromatic heterocycles. The number of benzene rings is 2. The van der Waals surface area contributed by atoms with E-state index < -0.39 is 22.5 Å². The molecule has 1 amide bonds. The maximum absolute atomic E-state index is 15.9. The SMILES string of the molecule is [B]C([B])(Nc1cccc(C=O)c1CN(C)C([B])(CCC=O)C(=O)NC)c1cccc(CN2CC(C)OC(C)C2)c1F. The van der Waals surface area contributed by atoms with Gasteiger partial charge in [-0.2, -0.15) is 0 Å². The first-order valence-corrected chi connectivity index (χ1v) is 13.6. The fourth-order valence-electron chi connectivity index (χ4n) is 5.33. The summed E-state index contributed by atoms with van der Waals surface area (Å²) in [6, 6.07) is 9.82. The summed E-state index contributed by atoms with van der Waals surface area (Å²) in [6.45, 7) is 5.69. The summed E-state index contributed by atoms with van der Waals surface area (Å²) >= 11 is 0. The number of carbonyl (C=O) groups is 3. The van der Waals surface area contributed by atoms with Crippen LogP contribution in [0.15, 0.2) is 36.4 Å². The molecule has 2 aromatic carbocycles. The minimum atomic E-state index is -1.86. The van der Waals surface area contributed by atoms with E-state index in [9.17, 15) is 14.4 Å². The second-order valence-electron chi connectivity index (χ2n) is 10.8. The first-order valence-electron chi connectivity index (χ1n) is 13.6. The topological polar surface area (TPSA) is 91.0 Å². The molecule has 1 saturated heterocycles. The van der Waals surface area contributed by atoms with Gasteiger partial charge in [-0.05, 0) is 49.8 Å². The maximum Gasteiger partial charge on any atom is 0.230 e. The molecule has 8 nitrogen and oxygen atoms in total. The molecular formula is C29H36B3FN4O4. The van der Waals surface area contributed by atoms with Crippen LogP contribution in [0.4, 0.5) is 10.1 Å². The van der Waals surface area contributed by atoms with Crippen molar-refractivity contribution in [1.29, 1.82) is 0 Å². The van der Waals surface area contributed by atoms with E-state index in [1.165, 1.54) is 13.1 Å². The Morgan fingerprint density at radius 3 is 2.41 bits per heavy atom. The Hall–Kier alpha value is -2.95. The molecule has 0 aliphatic carbocycles. The van der Waals surface area contributed by atoms with E-state index in [0.29, 0.717) is 54.6 Å². The van der Waals surface area contributed by atoms with Crippen molar-refractivity contribution in [2.75, 3.05) is 32.5 Å². The molecule has 0 bridgehead atoms. The van der Waals surface area contributed by atoms with Crippen LogP contribution in [0.2, 0.25) is 0 Å². The van der Waals surface area contributed by atoms with Gasteiger partial charge in [-0.3, -0.25) is 19.4 Å². The van der Waals surface area contributed by atoms with Gasteiger partial charge in [0.15, 0.2) is 0 Å². The Kier molecular flexibility index (Phi) is 11.0. The number of aldehydes is 2. The lowest BCUT2D eigenvalue weighted by Crippen LogP contribution is -2.57. The lowest BCUT2D eigenvalue weighted by atomic mass is 9.57. The smallest absolute Gasteiger partial charge is 0.230 e. The zero-order chi connectivity index (χ0) is 30.4. The van der Waals surface area contributed by atoms with Gasteiger partial charge in [-0.15, -0.1) is 0 Å². The van der Waals surface area contributed by atoms with Crippen molar-refractivity contribution in [3.05, 3.63) is 64.5 Å². The van der Waals surface area contributed by atoms with Crippen LogP contribution in [0.3, 0.4) is 0 Å². The minimum absolute atomic E-state index is 0.0199. The quantitative estimate of drug-likeness (QED) is 0.288.